The zero-order chi connectivity index (χ0) is 14.3. The first-order valence-electron chi connectivity index (χ1n) is 6.60. The van der Waals surface area contributed by atoms with Crippen molar-refractivity contribution in [3.8, 4) is 0 Å². The van der Waals surface area contributed by atoms with Crippen molar-refractivity contribution >= 4 is 11.8 Å². The number of aromatic nitrogens is 2. The van der Waals surface area contributed by atoms with Crippen LogP contribution >= 0.6 is 0 Å². The molecule has 6 heteroatoms. The summed E-state index contributed by atoms with van der Waals surface area (Å²) in [5.74, 6) is 1.90. The molecule has 0 spiro atoms. The van der Waals surface area contributed by atoms with Crippen molar-refractivity contribution in [3.05, 3.63) is 18.1 Å². The van der Waals surface area contributed by atoms with E-state index >= 15 is 0 Å². The summed E-state index contributed by atoms with van der Waals surface area (Å²) >= 11 is 0. The van der Waals surface area contributed by atoms with Crippen LogP contribution in [0, 0.1) is 0 Å². The van der Waals surface area contributed by atoms with E-state index in [1.807, 2.05) is 19.9 Å². The molecule has 1 rings (SSSR count). The van der Waals surface area contributed by atoms with E-state index in [1.165, 1.54) is 0 Å². The molecule has 0 aliphatic carbocycles. The van der Waals surface area contributed by atoms with Crippen LogP contribution in [0.5, 0.6) is 0 Å². The predicted molar refractivity (Wildman–Crippen MR) is 76.3 cm³/mol. The highest BCUT2D eigenvalue weighted by atomic mass is 16.2. The van der Waals surface area contributed by atoms with Crippen molar-refractivity contribution < 1.29 is 4.79 Å². The van der Waals surface area contributed by atoms with Gasteiger partial charge in [-0.15, -0.1) is 0 Å². The van der Waals surface area contributed by atoms with Crippen molar-refractivity contribution in [2.75, 3.05) is 18.4 Å². The maximum atomic E-state index is 11.3. The van der Waals surface area contributed by atoms with Crippen LogP contribution in [0.4, 0.5) is 10.6 Å². The summed E-state index contributed by atoms with van der Waals surface area (Å²) in [7, 11) is 0. The van der Waals surface area contributed by atoms with Crippen molar-refractivity contribution in [2.24, 2.45) is 0 Å². The van der Waals surface area contributed by atoms with Gasteiger partial charge in [0.05, 0.1) is 0 Å². The lowest BCUT2D eigenvalue weighted by molar-refractivity contribution is 0.239. The average Bonchev–Trinajstić information content (AvgIpc) is 2.34. The second-order valence-corrected chi connectivity index (χ2v) is 4.94. The molecule has 0 unspecified atom stereocenters. The fourth-order valence-corrected chi connectivity index (χ4v) is 1.43. The normalized spacial score (nSPS) is 10.6. The van der Waals surface area contributed by atoms with Crippen LogP contribution in [-0.2, 0) is 0 Å². The van der Waals surface area contributed by atoms with Crippen LogP contribution in [-0.4, -0.2) is 35.1 Å². The Balaban J connectivity index is 2.29. The van der Waals surface area contributed by atoms with Crippen LogP contribution in [0.15, 0.2) is 12.3 Å². The molecular weight excluding hydrogens is 242 g/mol. The maximum Gasteiger partial charge on any atom is 0.315 e. The third kappa shape index (κ3) is 6.03. The molecule has 0 aliphatic heterocycles. The van der Waals surface area contributed by atoms with Gasteiger partial charge in [-0.1, -0.05) is 13.8 Å². The molecule has 0 aliphatic rings. The van der Waals surface area contributed by atoms with E-state index in [4.69, 9.17) is 0 Å². The maximum absolute atomic E-state index is 11.3. The summed E-state index contributed by atoms with van der Waals surface area (Å²) in [5, 5.41) is 8.68. The Morgan fingerprint density at radius 3 is 2.63 bits per heavy atom. The number of carbonyl (C=O) groups is 1. The average molecular weight is 265 g/mol. The number of urea groups is 1. The fourth-order valence-electron chi connectivity index (χ4n) is 1.43. The Kier molecular flexibility index (Phi) is 6.05. The molecule has 6 nitrogen and oxygen atoms in total. The number of hydrogen-bond acceptors (Lipinski definition) is 4. The monoisotopic (exact) mass is 265 g/mol. The van der Waals surface area contributed by atoms with Gasteiger partial charge in [-0.2, -0.15) is 0 Å². The van der Waals surface area contributed by atoms with Crippen molar-refractivity contribution in [1.29, 1.82) is 0 Å². The van der Waals surface area contributed by atoms with Gasteiger partial charge < -0.3 is 16.0 Å². The molecule has 19 heavy (non-hydrogen) atoms. The molecule has 0 radical (unpaired) electrons. The molecule has 1 aromatic rings. The van der Waals surface area contributed by atoms with Gasteiger partial charge in [0.2, 0.25) is 0 Å². The molecule has 1 heterocycles. The van der Waals surface area contributed by atoms with Crippen LogP contribution in [0.2, 0.25) is 0 Å². The Labute approximate surface area is 114 Å². The molecule has 0 atom stereocenters. The van der Waals surface area contributed by atoms with E-state index in [2.05, 4.69) is 39.8 Å². The zero-order valence-corrected chi connectivity index (χ0v) is 12.0. The third-order valence-electron chi connectivity index (χ3n) is 2.33. The lowest BCUT2D eigenvalue weighted by Gasteiger charge is -2.11. The van der Waals surface area contributed by atoms with E-state index in [-0.39, 0.29) is 12.1 Å². The number of carbonyl (C=O) groups excluding carboxylic acids is 1. The van der Waals surface area contributed by atoms with Gasteiger partial charge in [-0.3, -0.25) is 0 Å². The molecule has 3 N–H and O–H groups in total. The summed E-state index contributed by atoms with van der Waals surface area (Å²) in [4.78, 5) is 19.9. The number of hydrogen-bond donors (Lipinski definition) is 3. The van der Waals surface area contributed by atoms with Gasteiger partial charge in [0.25, 0.3) is 0 Å². The van der Waals surface area contributed by atoms with Gasteiger partial charge in [0, 0.05) is 31.2 Å². The summed E-state index contributed by atoms with van der Waals surface area (Å²) in [6, 6.07) is 1.81. The minimum absolute atomic E-state index is 0.142. The van der Waals surface area contributed by atoms with Crippen LogP contribution in [0.25, 0.3) is 0 Å². The Morgan fingerprint density at radius 2 is 2.00 bits per heavy atom. The van der Waals surface area contributed by atoms with Gasteiger partial charge in [-0.05, 0) is 19.9 Å². The number of amides is 2. The van der Waals surface area contributed by atoms with E-state index in [0.29, 0.717) is 19.0 Å². The number of nitrogens with one attached hydrogen (secondary N) is 3. The largest absolute Gasteiger partial charge is 0.368 e. The SMILES string of the molecule is CC(C)NC(=O)NCCNc1ccnc(C(C)C)n1. The summed E-state index contributed by atoms with van der Waals surface area (Å²) in [5.41, 5.74) is 0. The van der Waals surface area contributed by atoms with Gasteiger partial charge in [0.15, 0.2) is 0 Å². The Hall–Kier alpha value is -1.85. The van der Waals surface area contributed by atoms with Gasteiger partial charge >= 0.3 is 6.03 Å². The highest BCUT2D eigenvalue weighted by molar-refractivity contribution is 5.74. The Bertz CT molecular complexity index is 406. The van der Waals surface area contributed by atoms with Crippen LogP contribution < -0.4 is 16.0 Å². The zero-order valence-electron chi connectivity index (χ0n) is 12.0. The summed E-state index contributed by atoms with van der Waals surface area (Å²) < 4.78 is 0. The number of anilines is 1. The second-order valence-electron chi connectivity index (χ2n) is 4.94. The molecule has 0 bridgehead atoms. The summed E-state index contributed by atoms with van der Waals surface area (Å²) in [6.07, 6.45) is 1.74. The molecule has 0 fully saturated rings. The van der Waals surface area contributed by atoms with Gasteiger partial charge in [-0.25, -0.2) is 14.8 Å². The van der Waals surface area contributed by atoms with Crippen LogP contribution in [0.1, 0.15) is 39.4 Å². The van der Waals surface area contributed by atoms with Crippen molar-refractivity contribution in [1.82, 2.24) is 20.6 Å². The van der Waals surface area contributed by atoms with E-state index in [1.54, 1.807) is 6.20 Å². The molecule has 0 saturated heterocycles. The number of rotatable bonds is 6. The molecule has 106 valence electrons. The first-order chi connectivity index (χ1) is 8.99. The second kappa shape index (κ2) is 7.56. The third-order valence-corrected chi connectivity index (χ3v) is 2.33. The lowest BCUT2D eigenvalue weighted by atomic mass is 10.2. The topological polar surface area (TPSA) is 78.9 Å². The number of nitrogens with zero attached hydrogens (tertiary/aromatic N) is 2. The fraction of sp³-hybridized carbons (Fsp3) is 0.615. The lowest BCUT2D eigenvalue weighted by Crippen LogP contribution is -2.41. The van der Waals surface area contributed by atoms with Crippen molar-refractivity contribution in [3.63, 3.8) is 0 Å². The standard InChI is InChI=1S/C13H23N5O/c1-9(2)12-15-6-5-11(18-12)14-7-8-16-13(19)17-10(3)4/h5-6,9-10H,7-8H2,1-4H3,(H,14,15,18)(H2,16,17,19). The van der Waals surface area contributed by atoms with Gasteiger partial charge in [0.1, 0.15) is 11.6 Å². The Morgan fingerprint density at radius 1 is 1.26 bits per heavy atom. The highest BCUT2D eigenvalue weighted by Crippen LogP contribution is 2.10. The highest BCUT2D eigenvalue weighted by Gasteiger charge is 2.04. The molecular formula is C13H23N5O. The quantitative estimate of drug-likeness (QED) is 0.684. The van der Waals surface area contributed by atoms with Crippen molar-refractivity contribution in [2.45, 2.75) is 39.7 Å². The molecule has 2 amide bonds. The first-order valence-corrected chi connectivity index (χ1v) is 6.60. The van der Waals surface area contributed by atoms with E-state index in [9.17, 15) is 4.79 Å². The molecule has 0 saturated carbocycles. The molecule has 0 aromatic carbocycles. The van der Waals surface area contributed by atoms with Crippen LogP contribution in [0.3, 0.4) is 0 Å². The van der Waals surface area contributed by atoms with E-state index < -0.39 is 0 Å². The molecule has 1 aromatic heterocycles. The first kappa shape index (κ1) is 15.2. The predicted octanol–water partition coefficient (Wildman–Crippen LogP) is 1.72. The smallest absolute Gasteiger partial charge is 0.315 e. The minimum Gasteiger partial charge on any atom is -0.368 e. The van der Waals surface area contributed by atoms with E-state index in [0.717, 1.165) is 11.6 Å². The minimum atomic E-state index is -0.151. The summed E-state index contributed by atoms with van der Waals surface area (Å²) in [6.45, 7) is 9.12.